The lowest BCUT2D eigenvalue weighted by atomic mass is 10.1. The predicted octanol–water partition coefficient (Wildman–Crippen LogP) is 2.40. The first-order valence-corrected chi connectivity index (χ1v) is 8.13. The summed E-state index contributed by atoms with van der Waals surface area (Å²) in [6, 6.07) is 5.09. The lowest BCUT2D eigenvalue weighted by molar-refractivity contribution is 0.265. The van der Waals surface area contributed by atoms with Crippen molar-refractivity contribution in [1.82, 2.24) is 20.5 Å². The molecule has 1 fully saturated rings. The zero-order valence-electron chi connectivity index (χ0n) is 14.8. The molecule has 0 saturated carbocycles. The maximum atomic E-state index is 4.41. The molecule has 1 aliphatic heterocycles. The molecule has 5 nitrogen and oxygen atoms in total. The number of aromatic nitrogens is 1. The van der Waals surface area contributed by atoms with E-state index in [2.05, 4.69) is 59.3 Å². The fourth-order valence-corrected chi connectivity index (χ4v) is 2.85. The van der Waals surface area contributed by atoms with E-state index in [0.717, 1.165) is 24.7 Å². The van der Waals surface area contributed by atoms with Gasteiger partial charge in [0.2, 0.25) is 0 Å². The number of halogens is 1. The summed E-state index contributed by atoms with van der Waals surface area (Å²) in [7, 11) is 1.82. The maximum absolute atomic E-state index is 4.41. The summed E-state index contributed by atoms with van der Waals surface area (Å²) in [6.07, 6.45) is 1.83. The molecule has 23 heavy (non-hydrogen) atoms. The van der Waals surface area contributed by atoms with Crippen molar-refractivity contribution in [3.8, 4) is 0 Å². The topological polar surface area (TPSA) is 52.6 Å². The van der Waals surface area contributed by atoms with Crippen molar-refractivity contribution >= 4 is 29.9 Å². The molecule has 2 unspecified atom stereocenters. The summed E-state index contributed by atoms with van der Waals surface area (Å²) in [6.45, 7) is 11.8. The standard InChI is InChI=1S/C17H29N5.HI/c1-12(2)22-10-14(4)16(11-22)21-17(18-5)20-9-15-13(3)7-6-8-19-15;/h6-8,12,14,16H,9-11H2,1-5H3,(H2,18,20,21);1H. The van der Waals surface area contributed by atoms with Gasteiger partial charge in [0.15, 0.2) is 5.96 Å². The van der Waals surface area contributed by atoms with E-state index >= 15 is 0 Å². The predicted molar refractivity (Wildman–Crippen MR) is 107 cm³/mol. The number of hydrogen-bond acceptors (Lipinski definition) is 3. The van der Waals surface area contributed by atoms with Crippen molar-refractivity contribution < 1.29 is 0 Å². The lowest BCUT2D eigenvalue weighted by Gasteiger charge is -2.22. The van der Waals surface area contributed by atoms with Gasteiger partial charge in [0, 0.05) is 38.4 Å². The number of aryl methyl sites for hydroxylation is 1. The van der Waals surface area contributed by atoms with Gasteiger partial charge >= 0.3 is 0 Å². The van der Waals surface area contributed by atoms with Gasteiger partial charge in [-0.2, -0.15) is 0 Å². The molecule has 0 aliphatic carbocycles. The first-order chi connectivity index (χ1) is 10.5. The highest BCUT2D eigenvalue weighted by Crippen LogP contribution is 2.18. The minimum atomic E-state index is 0. The van der Waals surface area contributed by atoms with Crippen LogP contribution in [-0.4, -0.2) is 48.1 Å². The Morgan fingerprint density at radius 2 is 2.17 bits per heavy atom. The van der Waals surface area contributed by atoms with Crippen LogP contribution in [0, 0.1) is 12.8 Å². The summed E-state index contributed by atoms with van der Waals surface area (Å²) in [4.78, 5) is 11.3. The molecule has 1 saturated heterocycles. The highest BCUT2D eigenvalue weighted by molar-refractivity contribution is 14.0. The summed E-state index contributed by atoms with van der Waals surface area (Å²) in [5, 5.41) is 6.94. The molecule has 2 rings (SSSR count). The number of nitrogens with one attached hydrogen (secondary N) is 2. The number of likely N-dealkylation sites (tertiary alicyclic amines) is 1. The van der Waals surface area contributed by atoms with Gasteiger partial charge in [-0.05, 0) is 38.3 Å². The highest BCUT2D eigenvalue weighted by atomic mass is 127. The molecular weight excluding hydrogens is 401 g/mol. The molecule has 0 bridgehead atoms. The molecule has 0 aromatic carbocycles. The normalized spacial score (nSPS) is 22.1. The Morgan fingerprint density at radius 3 is 2.74 bits per heavy atom. The third-order valence-electron chi connectivity index (χ3n) is 4.46. The summed E-state index contributed by atoms with van der Waals surface area (Å²) in [5.41, 5.74) is 2.26. The van der Waals surface area contributed by atoms with Crippen LogP contribution in [0.1, 0.15) is 32.0 Å². The van der Waals surface area contributed by atoms with Crippen LogP contribution in [0.25, 0.3) is 0 Å². The second-order valence-corrected chi connectivity index (χ2v) is 6.47. The molecule has 1 aromatic heterocycles. The van der Waals surface area contributed by atoms with E-state index in [0.29, 0.717) is 24.5 Å². The van der Waals surface area contributed by atoms with E-state index in [-0.39, 0.29) is 24.0 Å². The molecular formula is C17H30IN5. The zero-order chi connectivity index (χ0) is 16.1. The number of pyridine rings is 1. The maximum Gasteiger partial charge on any atom is 0.191 e. The smallest absolute Gasteiger partial charge is 0.191 e. The van der Waals surface area contributed by atoms with E-state index in [9.17, 15) is 0 Å². The lowest BCUT2D eigenvalue weighted by Crippen LogP contribution is -2.46. The van der Waals surface area contributed by atoms with E-state index in [1.165, 1.54) is 5.56 Å². The summed E-state index contributed by atoms with van der Waals surface area (Å²) >= 11 is 0. The highest BCUT2D eigenvalue weighted by Gasteiger charge is 2.31. The molecule has 1 aromatic rings. The Bertz CT molecular complexity index is 517. The van der Waals surface area contributed by atoms with Crippen molar-refractivity contribution in [3.05, 3.63) is 29.6 Å². The average Bonchev–Trinajstić information content (AvgIpc) is 2.86. The van der Waals surface area contributed by atoms with Gasteiger partial charge in [0.05, 0.1) is 12.2 Å². The van der Waals surface area contributed by atoms with Crippen molar-refractivity contribution in [2.75, 3.05) is 20.1 Å². The monoisotopic (exact) mass is 431 g/mol. The molecule has 6 heteroatoms. The Morgan fingerprint density at radius 1 is 1.43 bits per heavy atom. The van der Waals surface area contributed by atoms with Crippen LogP contribution < -0.4 is 10.6 Å². The molecule has 2 heterocycles. The van der Waals surface area contributed by atoms with Gasteiger partial charge in [-0.1, -0.05) is 13.0 Å². The van der Waals surface area contributed by atoms with Crippen LogP contribution in [0.15, 0.2) is 23.3 Å². The minimum Gasteiger partial charge on any atom is -0.352 e. The number of hydrogen-bond donors (Lipinski definition) is 2. The number of guanidine groups is 1. The van der Waals surface area contributed by atoms with Crippen LogP contribution >= 0.6 is 24.0 Å². The van der Waals surface area contributed by atoms with Crippen LogP contribution in [0.2, 0.25) is 0 Å². The third-order valence-corrected chi connectivity index (χ3v) is 4.46. The Hall–Kier alpha value is -0.890. The minimum absolute atomic E-state index is 0. The van der Waals surface area contributed by atoms with Crippen molar-refractivity contribution in [3.63, 3.8) is 0 Å². The van der Waals surface area contributed by atoms with Gasteiger partial charge < -0.3 is 10.6 Å². The average molecular weight is 431 g/mol. The first kappa shape index (κ1) is 20.2. The number of nitrogens with zero attached hydrogens (tertiary/aromatic N) is 3. The van der Waals surface area contributed by atoms with E-state index in [4.69, 9.17) is 0 Å². The summed E-state index contributed by atoms with van der Waals surface area (Å²) < 4.78 is 0. The van der Waals surface area contributed by atoms with Gasteiger partial charge in [-0.15, -0.1) is 24.0 Å². The Kier molecular flexibility index (Phi) is 8.25. The van der Waals surface area contributed by atoms with Gasteiger partial charge in [-0.3, -0.25) is 14.9 Å². The molecule has 2 N–H and O–H groups in total. The van der Waals surface area contributed by atoms with Crippen LogP contribution in [0.5, 0.6) is 0 Å². The number of rotatable bonds is 4. The second-order valence-electron chi connectivity index (χ2n) is 6.47. The Labute approximate surface area is 157 Å². The fourth-order valence-electron chi connectivity index (χ4n) is 2.85. The fraction of sp³-hybridized carbons (Fsp3) is 0.647. The molecule has 130 valence electrons. The SMILES string of the molecule is CN=C(NCc1ncccc1C)NC1CN(C(C)C)CC1C.I. The number of aliphatic imine (C=N–C) groups is 1. The Balaban J connectivity index is 0.00000264. The molecule has 0 radical (unpaired) electrons. The third kappa shape index (κ3) is 5.60. The van der Waals surface area contributed by atoms with Crippen LogP contribution in [-0.2, 0) is 6.54 Å². The van der Waals surface area contributed by atoms with Crippen molar-refractivity contribution in [2.24, 2.45) is 10.9 Å². The van der Waals surface area contributed by atoms with E-state index in [1.807, 2.05) is 19.3 Å². The zero-order valence-corrected chi connectivity index (χ0v) is 17.2. The molecule has 0 spiro atoms. The van der Waals surface area contributed by atoms with Crippen LogP contribution in [0.4, 0.5) is 0 Å². The van der Waals surface area contributed by atoms with Gasteiger partial charge in [0.25, 0.3) is 0 Å². The van der Waals surface area contributed by atoms with Gasteiger partial charge in [0.1, 0.15) is 0 Å². The molecule has 0 amide bonds. The van der Waals surface area contributed by atoms with Crippen molar-refractivity contribution in [1.29, 1.82) is 0 Å². The van der Waals surface area contributed by atoms with Gasteiger partial charge in [-0.25, -0.2) is 0 Å². The quantitative estimate of drug-likeness (QED) is 0.437. The van der Waals surface area contributed by atoms with E-state index in [1.54, 1.807) is 0 Å². The van der Waals surface area contributed by atoms with Crippen molar-refractivity contribution in [2.45, 2.75) is 46.3 Å². The first-order valence-electron chi connectivity index (χ1n) is 8.13. The second kappa shape index (κ2) is 9.42. The summed E-state index contributed by atoms with van der Waals surface area (Å²) in [5.74, 6) is 1.48. The van der Waals surface area contributed by atoms with Crippen LogP contribution in [0.3, 0.4) is 0 Å². The molecule has 1 aliphatic rings. The van der Waals surface area contributed by atoms with E-state index < -0.39 is 0 Å². The largest absolute Gasteiger partial charge is 0.352 e. The molecule has 2 atom stereocenters.